The molecule has 0 spiro atoms. The van der Waals surface area contributed by atoms with Gasteiger partial charge in [0.2, 0.25) is 0 Å². The molecule has 2 aromatic rings. The van der Waals surface area contributed by atoms with Crippen molar-refractivity contribution in [3.63, 3.8) is 0 Å². The molecule has 0 bridgehead atoms. The molecule has 0 amide bonds. The lowest BCUT2D eigenvalue weighted by atomic mass is 9.86. The number of hydrogen-bond acceptors (Lipinski definition) is 3. The molecule has 2 nitrogen and oxygen atoms in total. The van der Waals surface area contributed by atoms with E-state index in [0.29, 0.717) is 11.4 Å². The highest BCUT2D eigenvalue weighted by Gasteiger charge is 2.15. The summed E-state index contributed by atoms with van der Waals surface area (Å²) in [6.07, 6.45) is 0. The first-order valence-electron chi connectivity index (χ1n) is 9.06. The van der Waals surface area contributed by atoms with Gasteiger partial charge in [-0.15, -0.1) is 11.8 Å². The Morgan fingerprint density at radius 2 is 1.52 bits per heavy atom. The van der Waals surface area contributed by atoms with Gasteiger partial charge in [0.15, 0.2) is 0 Å². The van der Waals surface area contributed by atoms with Crippen LogP contribution in [-0.2, 0) is 5.41 Å². The van der Waals surface area contributed by atoms with Crippen LogP contribution in [0.1, 0.15) is 52.7 Å². The average Bonchev–Trinajstić information content (AvgIpc) is 2.49. The highest BCUT2D eigenvalue weighted by molar-refractivity contribution is 8.00. The highest BCUT2D eigenvalue weighted by atomic mass is 32.2. The average molecular weight is 357 g/mol. The van der Waals surface area contributed by atoms with Gasteiger partial charge in [-0.2, -0.15) is 0 Å². The molecule has 0 saturated heterocycles. The van der Waals surface area contributed by atoms with Gasteiger partial charge >= 0.3 is 0 Å². The van der Waals surface area contributed by atoms with E-state index in [1.807, 2.05) is 11.8 Å². The fourth-order valence-corrected chi connectivity index (χ4v) is 3.60. The van der Waals surface area contributed by atoms with Crippen LogP contribution in [0.2, 0.25) is 0 Å². The van der Waals surface area contributed by atoms with E-state index in [9.17, 15) is 0 Å². The van der Waals surface area contributed by atoms with Crippen molar-refractivity contribution >= 4 is 23.1 Å². The maximum absolute atomic E-state index is 3.63. The number of nitrogens with one attached hydrogen (secondary N) is 2. The molecule has 0 aliphatic rings. The van der Waals surface area contributed by atoms with Crippen LogP contribution >= 0.6 is 11.8 Å². The van der Waals surface area contributed by atoms with Crippen molar-refractivity contribution in [2.24, 2.45) is 0 Å². The van der Waals surface area contributed by atoms with Gasteiger partial charge in [-0.25, -0.2) is 0 Å². The number of anilines is 2. The molecule has 25 heavy (non-hydrogen) atoms. The number of hydrogen-bond donors (Lipinski definition) is 2. The van der Waals surface area contributed by atoms with Crippen LogP contribution in [0.4, 0.5) is 11.4 Å². The minimum atomic E-state index is 0.190. The third-order valence-electron chi connectivity index (χ3n) is 4.07. The second-order valence-electron chi connectivity index (χ2n) is 8.01. The molecule has 0 heterocycles. The molecular weight excluding hydrogens is 324 g/mol. The standard InChI is InChI=1S/C22H32N2S/c1-15(2)23-19-9-11-20(12-10-19)25-17(4)24-21-13-8-18(14-16(21)3)22(5,6)7/h8-15,17,23-24H,1-7H3. The van der Waals surface area contributed by atoms with E-state index < -0.39 is 0 Å². The minimum absolute atomic E-state index is 0.190. The molecule has 3 heteroatoms. The lowest BCUT2D eigenvalue weighted by Gasteiger charge is -2.22. The predicted octanol–water partition coefficient (Wildman–Crippen LogP) is 6.66. The van der Waals surface area contributed by atoms with E-state index in [1.54, 1.807) is 0 Å². The van der Waals surface area contributed by atoms with Crippen LogP contribution in [0.25, 0.3) is 0 Å². The predicted molar refractivity (Wildman–Crippen MR) is 114 cm³/mol. The third-order valence-corrected chi connectivity index (χ3v) is 5.09. The van der Waals surface area contributed by atoms with Gasteiger partial charge in [0.05, 0.1) is 5.37 Å². The molecule has 136 valence electrons. The van der Waals surface area contributed by atoms with Crippen molar-refractivity contribution in [1.29, 1.82) is 0 Å². The van der Waals surface area contributed by atoms with Gasteiger partial charge in [0.1, 0.15) is 0 Å². The Labute approximate surface area is 157 Å². The van der Waals surface area contributed by atoms with E-state index in [-0.39, 0.29) is 5.41 Å². The van der Waals surface area contributed by atoms with Gasteiger partial charge < -0.3 is 10.6 Å². The largest absolute Gasteiger partial charge is 0.383 e. The summed E-state index contributed by atoms with van der Waals surface area (Å²) in [5.41, 5.74) is 5.26. The molecule has 0 aliphatic carbocycles. The summed E-state index contributed by atoms with van der Waals surface area (Å²) in [5, 5.41) is 7.36. The van der Waals surface area contributed by atoms with Crippen LogP contribution in [-0.4, -0.2) is 11.4 Å². The first kappa shape index (κ1) is 19.7. The first-order valence-corrected chi connectivity index (χ1v) is 9.94. The quantitative estimate of drug-likeness (QED) is 0.447. The van der Waals surface area contributed by atoms with Crippen molar-refractivity contribution in [2.45, 2.75) is 70.2 Å². The SMILES string of the molecule is Cc1cc(C(C)(C)C)ccc1NC(C)Sc1ccc(NC(C)C)cc1. The molecule has 0 aliphatic heterocycles. The third kappa shape index (κ3) is 6.00. The number of thioether (sulfide) groups is 1. The van der Waals surface area contributed by atoms with E-state index in [4.69, 9.17) is 0 Å². The Kier molecular flexibility index (Phi) is 6.45. The zero-order valence-corrected chi connectivity index (χ0v) is 17.4. The summed E-state index contributed by atoms with van der Waals surface area (Å²) in [7, 11) is 0. The summed E-state index contributed by atoms with van der Waals surface area (Å²) in [5.74, 6) is 0. The highest BCUT2D eigenvalue weighted by Crippen LogP contribution is 2.30. The van der Waals surface area contributed by atoms with Crippen molar-refractivity contribution < 1.29 is 0 Å². The van der Waals surface area contributed by atoms with Crippen molar-refractivity contribution in [3.8, 4) is 0 Å². The van der Waals surface area contributed by atoms with Crippen LogP contribution < -0.4 is 10.6 Å². The molecule has 0 radical (unpaired) electrons. The number of aryl methyl sites for hydroxylation is 1. The zero-order valence-electron chi connectivity index (χ0n) is 16.6. The van der Waals surface area contributed by atoms with Crippen molar-refractivity contribution in [1.82, 2.24) is 0 Å². The van der Waals surface area contributed by atoms with Crippen LogP contribution in [0.5, 0.6) is 0 Å². The number of benzene rings is 2. The maximum atomic E-state index is 3.63. The topological polar surface area (TPSA) is 24.1 Å². The molecule has 0 saturated carbocycles. The Morgan fingerprint density at radius 1 is 0.880 bits per heavy atom. The second-order valence-corrected chi connectivity index (χ2v) is 9.42. The van der Waals surface area contributed by atoms with Crippen LogP contribution in [0.15, 0.2) is 47.4 Å². The molecule has 2 N–H and O–H groups in total. The fraction of sp³-hybridized carbons (Fsp3) is 0.455. The van der Waals surface area contributed by atoms with Gasteiger partial charge in [-0.1, -0.05) is 32.9 Å². The molecular formula is C22H32N2S. The maximum Gasteiger partial charge on any atom is 0.0740 e. The zero-order chi connectivity index (χ0) is 18.6. The van der Waals surface area contributed by atoms with Gasteiger partial charge in [-0.3, -0.25) is 0 Å². The summed E-state index contributed by atoms with van der Waals surface area (Å²) in [6.45, 7) is 15.5. The molecule has 1 atom stereocenters. The Balaban J connectivity index is 1.99. The second kappa shape index (κ2) is 8.18. The lowest BCUT2D eigenvalue weighted by molar-refractivity contribution is 0.590. The summed E-state index contributed by atoms with van der Waals surface area (Å²) in [6, 6.07) is 15.9. The van der Waals surface area contributed by atoms with Crippen molar-refractivity contribution in [3.05, 3.63) is 53.6 Å². The van der Waals surface area contributed by atoms with Crippen LogP contribution in [0, 0.1) is 6.92 Å². The van der Waals surface area contributed by atoms with Crippen molar-refractivity contribution in [2.75, 3.05) is 10.6 Å². The molecule has 2 aromatic carbocycles. The first-order chi connectivity index (χ1) is 11.6. The Hall–Kier alpha value is -1.61. The van der Waals surface area contributed by atoms with Gasteiger partial charge in [0.25, 0.3) is 0 Å². The minimum Gasteiger partial charge on any atom is -0.383 e. The Morgan fingerprint density at radius 3 is 2.04 bits per heavy atom. The smallest absolute Gasteiger partial charge is 0.0740 e. The Bertz CT molecular complexity index is 684. The van der Waals surface area contributed by atoms with E-state index in [0.717, 1.165) is 0 Å². The van der Waals surface area contributed by atoms with E-state index >= 15 is 0 Å². The molecule has 0 aromatic heterocycles. The normalized spacial score (nSPS) is 13.0. The fourth-order valence-electron chi connectivity index (χ4n) is 2.71. The molecule has 1 unspecified atom stereocenters. The number of rotatable bonds is 6. The summed E-state index contributed by atoms with van der Waals surface area (Å²) >= 11 is 1.85. The molecule has 0 fully saturated rings. The summed E-state index contributed by atoms with van der Waals surface area (Å²) < 4.78 is 0. The van der Waals surface area contributed by atoms with Gasteiger partial charge in [-0.05, 0) is 74.6 Å². The summed E-state index contributed by atoms with van der Waals surface area (Å²) in [4.78, 5) is 1.28. The van der Waals surface area contributed by atoms with Crippen LogP contribution in [0.3, 0.4) is 0 Å². The van der Waals surface area contributed by atoms with Gasteiger partial charge in [0, 0.05) is 22.3 Å². The van der Waals surface area contributed by atoms with E-state index in [2.05, 4.69) is 102 Å². The molecule has 2 rings (SSSR count). The van der Waals surface area contributed by atoms with E-state index in [1.165, 1.54) is 27.4 Å². The lowest BCUT2D eigenvalue weighted by Crippen LogP contribution is -2.14. The monoisotopic (exact) mass is 356 g/mol.